The van der Waals surface area contributed by atoms with E-state index >= 15 is 0 Å². The van der Waals surface area contributed by atoms with Crippen molar-refractivity contribution in [3.8, 4) is 0 Å². The van der Waals surface area contributed by atoms with Crippen LogP contribution in [0.1, 0.15) is 5.56 Å². The van der Waals surface area contributed by atoms with Crippen LogP contribution in [0.5, 0.6) is 0 Å². The normalized spacial score (nSPS) is 11.1. The molecule has 0 atom stereocenters. The molecule has 110 valence electrons. The Hall–Kier alpha value is -1.68. The second-order valence-electron chi connectivity index (χ2n) is 4.34. The molecule has 2 rings (SSSR count). The first-order chi connectivity index (χ1) is 9.79. The Morgan fingerprint density at radius 1 is 1.14 bits per heavy atom. The highest BCUT2D eigenvalue weighted by atomic mass is 127. The lowest BCUT2D eigenvalue weighted by Gasteiger charge is -2.10. The van der Waals surface area contributed by atoms with Gasteiger partial charge in [-0.3, -0.25) is 14.8 Å². The van der Waals surface area contributed by atoms with Crippen molar-refractivity contribution in [3.63, 3.8) is 0 Å². The predicted molar refractivity (Wildman–Crippen MR) is 87.8 cm³/mol. The van der Waals surface area contributed by atoms with E-state index in [2.05, 4.69) is 4.72 Å². The second kappa shape index (κ2) is 5.98. The van der Waals surface area contributed by atoms with E-state index in [9.17, 15) is 18.5 Å². The fourth-order valence-electron chi connectivity index (χ4n) is 1.62. The SMILES string of the molecule is Cc1ccc(S(=O)(=O)Nc2ccc([N+](=O)[O-])cc2I)cc1. The van der Waals surface area contributed by atoms with Crippen molar-refractivity contribution in [2.24, 2.45) is 0 Å². The predicted octanol–water partition coefficient (Wildman–Crippen LogP) is 3.31. The van der Waals surface area contributed by atoms with Gasteiger partial charge in [-0.1, -0.05) is 17.7 Å². The van der Waals surface area contributed by atoms with Crippen LogP contribution in [0.2, 0.25) is 0 Å². The van der Waals surface area contributed by atoms with Gasteiger partial charge in [-0.15, -0.1) is 0 Å². The molecular formula is C13H11IN2O4S. The zero-order valence-corrected chi connectivity index (χ0v) is 13.9. The van der Waals surface area contributed by atoms with Gasteiger partial charge in [-0.05, 0) is 47.7 Å². The summed E-state index contributed by atoms with van der Waals surface area (Å²) in [6.07, 6.45) is 0. The molecule has 2 aromatic rings. The maximum Gasteiger partial charge on any atom is 0.270 e. The van der Waals surface area contributed by atoms with E-state index in [0.29, 0.717) is 9.26 Å². The largest absolute Gasteiger partial charge is 0.279 e. The summed E-state index contributed by atoms with van der Waals surface area (Å²) in [6.45, 7) is 1.86. The summed E-state index contributed by atoms with van der Waals surface area (Å²) in [7, 11) is -3.71. The Labute approximate surface area is 135 Å². The number of rotatable bonds is 4. The van der Waals surface area contributed by atoms with E-state index in [1.165, 1.54) is 30.3 Å². The van der Waals surface area contributed by atoms with Crippen LogP contribution in [-0.4, -0.2) is 13.3 Å². The van der Waals surface area contributed by atoms with Gasteiger partial charge in [0.2, 0.25) is 0 Å². The van der Waals surface area contributed by atoms with E-state index in [4.69, 9.17) is 0 Å². The molecule has 0 aliphatic heterocycles. The van der Waals surface area contributed by atoms with Crippen LogP contribution in [0.25, 0.3) is 0 Å². The standard InChI is InChI=1S/C13H11IN2O4S/c1-9-2-5-11(6-3-9)21(19,20)15-13-7-4-10(16(17)18)8-12(13)14/h2-8,15H,1H3. The molecular weight excluding hydrogens is 407 g/mol. The van der Waals surface area contributed by atoms with Crippen molar-refractivity contribution in [3.05, 3.63) is 61.7 Å². The number of hydrogen-bond donors (Lipinski definition) is 1. The van der Waals surface area contributed by atoms with Gasteiger partial charge in [0.05, 0.1) is 15.5 Å². The van der Waals surface area contributed by atoms with Gasteiger partial charge in [0.1, 0.15) is 0 Å². The third-order valence-corrected chi connectivity index (χ3v) is 5.01. The van der Waals surface area contributed by atoms with E-state index < -0.39 is 14.9 Å². The Morgan fingerprint density at radius 2 is 1.76 bits per heavy atom. The lowest BCUT2D eigenvalue weighted by atomic mass is 10.2. The smallest absolute Gasteiger partial charge is 0.270 e. The number of nitrogens with one attached hydrogen (secondary N) is 1. The first kappa shape index (κ1) is 15.7. The Balaban J connectivity index is 2.32. The summed E-state index contributed by atoms with van der Waals surface area (Å²) in [4.78, 5) is 10.3. The number of sulfonamides is 1. The van der Waals surface area contributed by atoms with Crippen LogP contribution in [0.15, 0.2) is 47.4 Å². The molecule has 0 bridgehead atoms. The minimum atomic E-state index is -3.71. The highest BCUT2D eigenvalue weighted by Gasteiger charge is 2.17. The van der Waals surface area contributed by atoms with Crippen molar-refractivity contribution in [1.29, 1.82) is 0 Å². The molecule has 0 aliphatic rings. The minimum absolute atomic E-state index is 0.0855. The summed E-state index contributed by atoms with van der Waals surface area (Å²) in [6, 6.07) is 10.4. The van der Waals surface area contributed by atoms with Crippen LogP contribution in [0.4, 0.5) is 11.4 Å². The molecule has 0 heterocycles. The third kappa shape index (κ3) is 3.70. The molecule has 21 heavy (non-hydrogen) atoms. The summed E-state index contributed by atoms with van der Waals surface area (Å²) in [5, 5.41) is 10.7. The zero-order chi connectivity index (χ0) is 15.6. The maximum absolute atomic E-state index is 12.2. The van der Waals surface area contributed by atoms with Crippen molar-refractivity contribution in [1.82, 2.24) is 0 Å². The van der Waals surface area contributed by atoms with E-state index in [1.807, 2.05) is 29.5 Å². The molecule has 0 saturated carbocycles. The van der Waals surface area contributed by atoms with Gasteiger partial charge < -0.3 is 0 Å². The monoisotopic (exact) mass is 418 g/mol. The second-order valence-corrected chi connectivity index (χ2v) is 7.18. The first-order valence-electron chi connectivity index (χ1n) is 5.83. The first-order valence-corrected chi connectivity index (χ1v) is 8.39. The highest BCUT2D eigenvalue weighted by Crippen LogP contribution is 2.26. The van der Waals surface area contributed by atoms with Gasteiger partial charge in [0, 0.05) is 15.7 Å². The molecule has 0 unspecified atom stereocenters. The number of aryl methyl sites for hydroxylation is 1. The summed E-state index contributed by atoms with van der Waals surface area (Å²) in [5.41, 5.74) is 1.18. The summed E-state index contributed by atoms with van der Waals surface area (Å²) >= 11 is 1.85. The molecule has 0 saturated heterocycles. The molecule has 1 N–H and O–H groups in total. The topological polar surface area (TPSA) is 89.3 Å². The van der Waals surface area contributed by atoms with E-state index in [-0.39, 0.29) is 10.6 Å². The van der Waals surface area contributed by atoms with E-state index in [0.717, 1.165) is 5.56 Å². The van der Waals surface area contributed by atoms with Gasteiger partial charge in [0.25, 0.3) is 15.7 Å². The van der Waals surface area contributed by atoms with Gasteiger partial charge in [0.15, 0.2) is 0 Å². The maximum atomic E-state index is 12.2. The fourth-order valence-corrected chi connectivity index (χ4v) is 3.52. The lowest BCUT2D eigenvalue weighted by molar-refractivity contribution is -0.384. The van der Waals surface area contributed by atoms with Crippen molar-refractivity contribution in [2.75, 3.05) is 4.72 Å². The zero-order valence-electron chi connectivity index (χ0n) is 10.9. The number of anilines is 1. The van der Waals surface area contributed by atoms with Crippen molar-refractivity contribution in [2.45, 2.75) is 11.8 Å². The molecule has 8 heteroatoms. The minimum Gasteiger partial charge on any atom is -0.279 e. The quantitative estimate of drug-likeness (QED) is 0.469. The molecule has 0 aliphatic carbocycles. The van der Waals surface area contributed by atoms with Crippen LogP contribution >= 0.6 is 22.6 Å². The molecule has 0 aromatic heterocycles. The number of halogens is 1. The van der Waals surface area contributed by atoms with Crippen LogP contribution < -0.4 is 4.72 Å². The van der Waals surface area contributed by atoms with E-state index in [1.54, 1.807) is 12.1 Å². The molecule has 6 nitrogen and oxygen atoms in total. The van der Waals surface area contributed by atoms with Crippen molar-refractivity contribution < 1.29 is 13.3 Å². The summed E-state index contributed by atoms with van der Waals surface area (Å²) in [5.74, 6) is 0. The van der Waals surface area contributed by atoms with Crippen molar-refractivity contribution >= 4 is 44.0 Å². The third-order valence-electron chi connectivity index (χ3n) is 2.74. The number of non-ortho nitro benzene ring substituents is 1. The van der Waals surface area contributed by atoms with Crippen LogP contribution in [0, 0.1) is 20.6 Å². The molecule has 0 amide bonds. The number of nitrogens with zero attached hydrogens (tertiary/aromatic N) is 1. The number of nitro groups is 1. The molecule has 0 radical (unpaired) electrons. The lowest BCUT2D eigenvalue weighted by Crippen LogP contribution is -2.13. The highest BCUT2D eigenvalue weighted by molar-refractivity contribution is 14.1. The molecule has 0 fully saturated rings. The average Bonchev–Trinajstić information content (AvgIpc) is 2.41. The molecule has 2 aromatic carbocycles. The Morgan fingerprint density at radius 3 is 2.29 bits per heavy atom. The average molecular weight is 418 g/mol. The van der Waals surface area contributed by atoms with Crippen LogP contribution in [-0.2, 0) is 10.0 Å². The number of hydrogen-bond acceptors (Lipinski definition) is 4. The Bertz CT molecular complexity index is 788. The summed E-state index contributed by atoms with van der Waals surface area (Å²) < 4.78 is 27.4. The van der Waals surface area contributed by atoms with Crippen LogP contribution in [0.3, 0.4) is 0 Å². The van der Waals surface area contributed by atoms with Gasteiger partial charge >= 0.3 is 0 Å². The molecule has 0 spiro atoms. The Kier molecular flexibility index (Phi) is 4.47. The fraction of sp³-hybridized carbons (Fsp3) is 0.0769. The number of nitro benzene ring substituents is 1. The number of benzene rings is 2. The van der Waals surface area contributed by atoms with Gasteiger partial charge in [-0.2, -0.15) is 0 Å². The van der Waals surface area contributed by atoms with Gasteiger partial charge in [-0.25, -0.2) is 8.42 Å².